The summed E-state index contributed by atoms with van der Waals surface area (Å²) in [6.45, 7) is 0. The van der Waals surface area contributed by atoms with E-state index in [2.05, 4.69) is 225 Å². The lowest BCUT2D eigenvalue weighted by Crippen LogP contribution is -2.05. The normalized spacial score (nSPS) is 12.3. The van der Waals surface area contributed by atoms with E-state index in [0.29, 0.717) is 0 Å². The van der Waals surface area contributed by atoms with Crippen LogP contribution in [-0.4, -0.2) is 28.2 Å². The minimum atomic E-state index is 0.799. The topological polar surface area (TPSA) is 71.8 Å². The van der Waals surface area contributed by atoms with Crippen LogP contribution in [0.2, 0.25) is 0 Å². The zero-order valence-corrected chi connectivity index (χ0v) is 39.4. The molecule has 0 aliphatic rings. The third-order valence-electron chi connectivity index (χ3n) is 15.4. The molecule has 0 atom stereocenters. The largest absolute Gasteiger partial charge is 0.456 e. The molecule has 0 amide bonds. The maximum Gasteiger partial charge on any atom is 0.220 e. The Morgan fingerprint density at radius 3 is 1.65 bits per heavy atom. The Labute approximate surface area is 420 Å². The third kappa shape index (κ3) is 5.45. The van der Waals surface area contributed by atoms with E-state index in [0.717, 1.165) is 149 Å². The van der Waals surface area contributed by atoms with E-state index in [1.165, 1.54) is 5.39 Å². The van der Waals surface area contributed by atoms with E-state index in [9.17, 15) is 0 Å². The molecule has 0 unspecified atom stereocenters. The highest BCUT2D eigenvalue weighted by atomic mass is 16.3. The fourth-order valence-electron chi connectivity index (χ4n) is 12.1. The summed E-state index contributed by atoms with van der Waals surface area (Å²) >= 11 is 0. The Balaban J connectivity index is 0.957. The second-order valence-electron chi connectivity index (χ2n) is 19.4. The first kappa shape index (κ1) is 39.5. The van der Waals surface area contributed by atoms with Gasteiger partial charge in [0.15, 0.2) is 0 Å². The minimum Gasteiger partial charge on any atom is -0.456 e. The smallest absolute Gasteiger partial charge is 0.220 e. The SMILES string of the molecule is c1ccc(-n2c(-n3c4cc5c(cc4c4c(-c6ccc7c(c6)nc(-n6c8ccccc8c8cc9oc%10ccccc%10c9cc86)n7-c6ccc7ccccc7c6)cccc43)oc3ccccc35)nc3ccccc32)cc1. The fourth-order valence-corrected chi connectivity index (χ4v) is 12.1. The molecule has 74 heavy (non-hydrogen) atoms. The number of hydrogen-bond donors (Lipinski definition) is 0. The van der Waals surface area contributed by atoms with Gasteiger partial charge >= 0.3 is 0 Å². The molecule has 0 fully saturated rings. The van der Waals surface area contributed by atoms with Gasteiger partial charge in [0.1, 0.15) is 22.3 Å². The Kier molecular flexibility index (Phi) is 7.85. The molecule has 0 aliphatic carbocycles. The quantitative estimate of drug-likeness (QED) is 0.172. The van der Waals surface area contributed by atoms with Crippen LogP contribution in [0, 0.1) is 0 Å². The number of fused-ring (bicyclic) bond motifs is 15. The molecule has 0 saturated heterocycles. The first-order valence-electron chi connectivity index (χ1n) is 25.0. The van der Waals surface area contributed by atoms with Gasteiger partial charge in [-0.2, -0.15) is 0 Å². The molecule has 0 N–H and O–H groups in total. The molecule has 0 radical (unpaired) electrons. The van der Waals surface area contributed by atoms with Crippen molar-refractivity contribution < 1.29 is 8.83 Å². The summed E-state index contributed by atoms with van der Waals surface area (Å²) in [5.41, 5.74) is 15.6. The van der Waals surface area contributed by atoms with Gasteiger partial charge in [0.2, 0.25) is 11.9 Å². The van der Waals surface area contributed by atoms with E-state index in [-0.39, 0.29) is 0 Å². The van der Waals surface area contributed by atoms with Gasteiger partial charge in [0.25, 0.3) is 0 Å². The molecule has 0 saturated carbocycles. The predicted octanol–water partition coefficient (Wildman–Crippen LogP) is 17.2. The Bertz CT molecular complexity index is 5220. The van der Waals surface area contributed by atoms with Crippen LogP contribution in [0.3, 0.4) is 0 Å². The molecule has 8 heteroatoms. The number of rotatable bonds is 5. The molecule has 6 heterocycles. The summed E-state index contributed by atoms with van der Waals surface area (Å²) < 4.78 is 22.4. The molecule has 8 nitrogen and oxygen atoms in total. The van der Waals surface area contributed by atoms with Gasteiger partial charge in [0.05, 0.1) is 44.1 Å². The molecule has 0 bridgehead atoms. The van der Waals surface area contributed by atoms with Crippen LogP contribution in [0.5, 0.6) is 0 Å². The Morgan fingerprint density at radius 2 is 0.865 bits per heavy atom. The molecule has 0 spiro atoms. The van der Waals surface area contributed by atoms with Crippen molar-refractivity contribution in [3.8, 4) is 34.4 Å². The van der Waals surface area contributed by atoms with Crippen LogP contribution in [-0.2, 0) is 0 Å². The third-order valence-corrected chi connectivity index (χ3v) is 15.4. The van der Waals surface area contributed by atoms with Crippen LogP contribution >= 0.6 is 0 Å². The summed E-state index contributed by atoms with van der Waals surface area (Å²) in [5.74, 6) is 1.61. The fraction of sp³-hybridized carbons (Fsp3) is 0. The summed E-state index contributed by atoms with van der Waals surface area (Å²) in [6.07, 6.45) is 0. The second-order valence-corrected chi connectivity index (χ2v) is 19.4. The minimum absolute atomic E-state index is 0.799. The molecular formula is C66H38N6O2. The predicted molar refractivity (Wildman–Crippen MR) is 302 cm³/mol. The first-order chi connectivity index (χ1) is 36.7. The molecule has 11 aromatic carbocycles. The highest BCUT2D eigenvalue weighted by Gasteiger charge is 2.26. The van der Waals surface area contributed by atoms with Crippen LogP contribution < -0.4 is 0 Å². The zero-order chi connectivity index (χ0) is 48.2. The highest BCUT2D eigenvalue weighted by molar-refractivity contribution is 6.21. The standard InChI is InChI=1S/C66H38N6O2/c1-2-17-42(18-3-1)69-55-25-11-9-23-52(55)67-65(69)72-57-26-14-22-44(64(57)51-38-63-50(36-59(51)72)47-21-8-13-28-61(47)74-63)41-30-32-56-53(34-41)68-66(70(56)43-31-29-39-15-4-5-16-40(39)33-43)71-54-24-10-6-19-45(54)48-37-62-49(35-58(48)71)46-20-7-12-27-60(46)73-62/h1-38H. The monoisotopic (exact) mass is 946 g/mol. The summed E-state index contributed by atoms with van der Waals surface area (Å²) in [6, 6.07) is 81.8. The number of nitrogens with zero attached hydrogens (tertiary/aromatic N) is 6. The Morgan fingerprint density at radius 1 is 0.284 bits per heavy atom. The molecule has 17 rings (SSSR count). The molecule has 0 aliphatic heterocycles. The second kappa shape index (κ2) is 14.7. The van der Waals surface area contributed by atoms with E-state index in [1.54, 1.807) is 0 Å². The number of aromatic nitrogens is 6. The van der Waals surface area contributed by atoms with E-state index >= 15 is 0 Å². The van der Waals surface area contributed by atoms with Crippen molar-refractivity contribution >= 4 is 120 Å². The van der Waals surface area contributed by atoms with Crippen LogP contribution in [0.25, 0.3) is 155 Å². The van der Waals surface area contributed by atoms with Gasteiger partial charge in [0, 0.05) is 54.5 Å². The van der Waals surface area contributed by atoms with Crippen LogP contribution in [0.4, 0.5) is 0 Å². The van der Waals surface area contributed by atoms with Crippen molar-refractivity contribution in [3.05, 3.63) is 231 Å². The maximum atomic E-state index is 6.64. The van der Waals surface area contributed by atoms with Crippen molar-refractivity contribution in [3.63, 3.8) is 0 Å². The lowest BCUT2D eigenvalue weighted by molar-refractivity contribution is 0.669. The molecule has 17 aromatic rings. The van der Waals surface area contributed by atoms with Crippen molar-refractivity contribution in [2.45, 2.75) is 0 Å². The average Bonchev–Trinajstić information content (AvgIpc) is 4.36. The van der Waals surface area contributed by atoms with Gasteiger partial charge < -0.3 is 8.83 Å². The highest BCUT2D eigenvalue weighted by Crippen LogP contribution is 2.45. The molecular weight excluding hydrogens is 909 g/mol. The van der Waals surface area contributed by atoms with Gasteiger partial charge in [-0.25, -0.2) is 9.97 Å². The van der Waals surface area contributed by atoms with Gasteiger partial charge in [-0.1, -0.05) is 133 Å². The molecule has 344 valence electrons. The molecule has 6 aromatic heterocycles. The van der Waals surface area contributed by atoms with Crippen molar-refractivity contribution in [2.75, 3.05) is 0 Å². The van der Waals surface area contributed by atoms with Crippen molar-refractivity contribution in [2.24, 2.45) is 0 Å². The number of imidazole rings is 2. The van der Waals surface area contributed by atoms with Crippen LogP contribution in [0.15, 0.2) is 239 Å². The van der Waals surface area contributed by atoms with Gasteiger partial charge in [-0.05, 0) is 119 Å². The number of hydrogen-bond acceptors (Lipinski definition) is 4. The van der Waals surface area contributed by atoms with Crippen molar-refractivity contribution in [1.29, 1.82) is 0 Å². The van der Waals surface area contributed by atoms with E-state index < -0.39 is 0 Å². The van der Waals surface area contributed by atoms with E-state index in [1.807, 2.05) is 24.3 Å². The van der Waals surface area contributed by atoms with Crippen LogP contribution in [0.1, 0.15) is 0 Å². The number of furan rings is 2. The summed E-state index contributed by atoms with van der Waals surface area (Å²) in [4.78, 5) is 11.2. The van der Waals surface area contributed by atoms with Gasteiger partial charge in [-0.3, -0.25) is 18.3 Å². The number of benzene rings is 11. The Hall–Kier alpha value is -10.2. The summed E-state index contributed by atoms with van der Waals surface area (Å²) in [7, 11) is 0. The average molecular weight is 947 g/mol. The lowest BCUT2D eigenvalue weighted by Gasteiger charge is -2.13. The first-order valence-corrected chi connectivity index (χ1v) is 25.0. The van der Waals surface area contributed by atoms with E-state index in [4.69, 9.17) is 18.8 Å². The maximum absolute atomic E-state index is 6.64. The number of para-hydroxylation sites is 6. The zero-order valence-electron chi connectivity index (χ0n) is 39.4. The van der Waals surface area contributed by atoms with Gasteiger partial charge in [-0.15, -0.1) is 0 Å². The van der Waals surface area contributed by atoms with Crippen molar-refractivity contribution in [1.82, 2.24) is 28.2 Å². The summed E-state index contributed by atoms with van der Waals surface area (Å²) in [5, 5.41) is 11.0. The lowest BCUT2D eigenvalue weighted by atomic mass is 9.98.